The maximum atomic E-state index is 13.0. The summed E-state index contributed by atoms with van der Waals surface area (Å²) in [6.07, 6.45) is 0.892. The zero-order valence-corrected chi connectivity index (χ0v) is 18.9. The van der Waals surface area contributed by atoms with Crippen molar-refractivity contribution in [2.24, 2.45) is 7.05 Å². The molecule has 4 aromatic rings. The van der Waals surface area contributed by atoms with Crippen LogP contribution in [0.3, 0.4) is 0 Å². The predicted molar refractivity (Wildman–Crippen MR) is 131 cm³/mol. The van der Waals surface area contributed by atoms with Crippen LogP contribution in [-0.4, -0.2) is 27.1 Å². The maximum absolute atomic E-state index is 13.0. The number of carbonyl (C=O) groups is 1. The maximum Gasteiger partial charge on any atom is 0.272 e. The Kier molecular flexibility index (Phi) is 6.05. The Labute approximate surface area is 194 Å². The molecule has 0 saturated heterocycles. The second-order valence-corrected chi connectivity index (χ2v) is 8.59. The van der Waals surface area contributed by atoms with Crippen LogP contribution in [0.1, 0.15) is 32.9 Å². The molecule has 5 rings (SSSR count). The third-order valence-electron chi connectivity index (χ3n) is 6.27. The Morgan fingerprint density at radius 2 is 1.61 bits per heavy atom. The second kappa shape index (κ2) is 9.43. The minimum atomic E-state index is -0.108. The number of benzene rings is 3. The van der Waals surface area contributed by atoms with Crippen LogP contribution in [0.15, 0.2) is 84.9 Å². The molecule has 0 fully saturated rings. The number of rotatable bonds is 6. The van der Waals surface area contributed by atoms with Gasteiger partial charge < -0.3 is 5.32 Å². The standard InChI is InChI=1S/C28H28N4O/c1-31-26-15-16-32(19-22-11-8-14-24(17-22)23-12-6-3-7-13-23)20-25(26)27(30-31)28(33)29-18-21-9-4-2-5-10-21/h2-14,17H,15-16,18-20H2,1H3,(H,29,33). The van der Waals surface area contributed by atoms with Crippen LogP contribution < -0.4 is 5.32 Å². The van der Waals surface area contributed by atoms with Crippen LogP contribution in [-0.2, 0) is 33.1 Å². The summed E-state index contributed by atoms with van der Waals surface area (Å²) in [6, 6.07) is 29.2. The number of hydrogen-bond acceptors (Lipinski definition) is 3. The van der Waals surface area contributed by atoms with Gasteiger partial charge in [-0.2, -0.15) is 5.10 Å². The SMILES string of the molecule is Cn1nc(C(=O)NCc2ccccc2)c2c1CCN(Cc1cccc(-c3ccccc3)c1)C2. The molecule has 0 unspecified atom stereocenters. The average molecular weight is 437 g/mol. The Morgan fingerprint density at radius 1 is 0.909 bits per heavy atom. The summed E-state index contributed by atoms with van der Waals surface area (Å²) in [7, 11) is 1.94. The number of hydrogen-bond donors (Lipinski definition) is 1. The van der Waals surface area contributed by atoms with Crippen molar-refractivity contribution in [3.05, 3.63) is 113 Å². The molecule has 0 saturated carbocycles. The van der Waals surface area contributed by atoms with E-state index >= 15 is 0 Å². The molecule has 166 valence electrons. The number of aryl methyl sites for hydroxylation is 1. The Morgan fingerprint density at radius 3 is 2.39 bits per heavy atom. The normalized spacial score (nSPS) is 13.5. The van der Waals surface area contributed by atoms with Gasteiger partial charge in [-0.25, -0.2) is 0 Å². The fourth-order valence-electron chi connectivity index (χ4n) is 4.57. The summed E-state index contributed by atoms with van der Waals surface area (Å²) < 4.78 is 1.88. The van der Waals surface area contributed by atoms with Crippen LogP contribution >= 0.6 is 0 Å². The van der Waals surface area contributed by atoms with Gasteiger partial charge in [-0.3, -0.25) is 14.4 Å². The fraction of sp³-hybridized carbons (Fsp3) is 0.214. The molecule has 3 aromatic carbocycles. The predicted octanol–water partition coefficient (Wildman–Crippen LogP) is 4.58. The van der Waals surface area contributed by atoms with Crippen LogP contribution in [0.4, 0.5) is 0 Å². The van der Waals surface area contributed by atoms with E-state index in [1.54, 1.807) is 0 Å². The van der Waals surface area contributed by atoms with Gasteiger partial charge in [-0.05, 0) is 28.3 Å². The van der Waals surface area contributed by atoms with Gasteiger partial charge in [0.25, 0.3) is 5.91 Å². The number of carbonyl (C=O) groups excluding carboxylic acids is 1. The van der Waals surface area contributed by atoms with Gasteiger partial charge in [-0.15, -0.1) is 0 Å². The van der Waals surface area contributed by atoms with Gasteiger partial charge >= 0.3 is 0 Å². The lowest BCUT2D eigenvalue weighted by Gasteiger charge is -2.27. The van der Waals surface area contributed by atoms with Gasteiger partial charge in [-0.1, -0.05) is 78.9 Å². The highest BCUT2D eigenvalue weighted by atomic mass is 16.1. The van der Waals surface area contributed by atoms with Crippen LogP contribution in [0.25, 0.3) is 11.1 Å². The molecule has 5 nitrogen and oxygen atoms in total. The summed E-state index contributed by atoms with van der Waals surface area (Å²) >= 11 is 0. The third-order valence-corrected chi connectivity index (χ3v) is 6.27. The summed E-state index contributed by atoms with van der Waals surface area (Å²) in [5, 5.41) is 7.61. The van der Waals surface area contributed by atoms with Gasteiger partial charge in [0, 0.05) is 50.9 Å². The average Bonchev–Trinajstić information content (AvgIpc) is 3.20. The van der Waals surface area contributed by atoms with E-state index in [2.05, 4.69) is 63.8 Å². The third kappa shape index (κ3) is 4.73. The molecule has 1 aliphatic heterocycles. The smallest absolute Gasteiger partial charge is 0.272 e. The number of nitrogens with one attached hydrogen (secondary N) is 1. The minimum absolute atomic E-state index is 0.108. The van der Waals surface area contributed by atoms with E-state index < -0.39 is 0 Å². The molecule has 0 aliphatic carbocycles. The van der Waals surface area contributed by atoms with Crippen LogP contribution in [0, 0.1) is 0 Å². The molecular formula is C28H28N4O. The second-order valence-electron chi connectivity index (χ2n) is 8.59. The highest BCUT2D eigenvalue weighted by molar-refractivity contribution is 5.94. The first-order valence-electron chi connectivity index (χ1n) is 11.4. The lowest BCUT2D eigenvalue weighted by molar-refractivity contribution is 0.0943. The van der Waals surface area contributed by atoms with E-state index in [1.807, 2.05) is 48.1 Å². The quantitative estimate of drug-likeness (QED) is 0.482. The van der Waals surface area contributed by atoms with E-state index in [4.69, 9.17) is 0 Å². The monoisotopic (exact) mass is 436 g/mol. The zero-order chi connectivity index (χ0) is 22.6. The lowest BCUT2D eigenvalue weighted by Crippen LogP contribution is -2.32. The minimum Gasteiger partial charge on any atom is -0.347 e. The molecule has 2 heterocycles. The molecule has 0 radical (unpaired) electrons. The van der Waals surface area contributed by atoms with Crippen molar-refractivity contribution in [2.75, 3.05) is 6.54 Å². The van der Waals surface area contributed by atoms with E-state index in [-0.39, 0.29) is 5.91 Å². The first kappa shape index (κ1) is 21.2. The van der Waals surface area contributed by atoms with E-state index in [1.165, 1.54) is 16.7 Å². The largest absolute Gasteiger partial charge is 0.347 e. The lowest BCUT2D eigenvalue weighted by atomic mass is 10.0. The Hall–Kier alpha value is -3.70. The van der Waals surface area contributed by atoms with Gasteiger partial charge in [0.05, 0.1) is 0 Å². The highest BCUT2D eigenvalue weighted by Crippen LogP contribution is 2.25. The number of aromatic nitrogens is 2. The van der Waals surface area contributed by atoms with Crippen molar-refractivity contribution in [3.63, 3.8) is 0 Å². The van der Waals surface area contributed by atoms with Gasteiger partial charge in [0.1, 0.15) is 0 Å². The molecule has 0 spiro atoms. The number of nitrogens with zero attached hydrogens (tertiary/aromatic N) is 3. The van der Waals surface area contributed by atoms with Crippen molar-refractivity contribution in [1.29, 1.82) is 0 Å². The van der Waals surface area contributed by atoms with Gasteiger partial charge in [0.15, 0.2) is 5.69 Å². The summed E-state index contributed by atoms with van der Waals surface area (Å²) in [4.78, 5) is 15.4. The van der Waals surface area contributed by atoms with Crippen molar-refractivity contribution in [2.45, 2.75) is 26.1 Å². The van der Waals surface area contributed by atoms with E-state index in [0.717, 1.165) is 42.9 Å². The molecule has 1 aromatic heterocycles. The summed E-state index contributed by atoms with van der Waals surface area (Å²) in [6.45, 7) is 3.03. The first-order chi connectivity index (χ1) is 16.2. The Bertz CT molecular complexity index is 1250. The van der Waals surface area contributed by atoms with E-state index in [9.17, 15) is 4.79 Å². The fourth-order valence-corrected chi connectivity index (χ4v) is 4.57. The van der Waals surface area contributed by atoms with Crippen LogP contribution in [0.2, 0.25) is 0 Å². The summed E-state index contributed by atoms with van der Waals surface area (Å²) in [5.41, 5.74) is 7.57. The molecule has 0 atom stereocenters. The zero-order valence-electron chi connectivity index (χ0n) is 18.9. The number of fused-ring (bicyclic) bond motifs is 1. The number of amides is 1. The molecule has 5 heteroatoms. The molecular weight excluding hydrogens is 408 g/mol. The van der Waals surface area contributed by atoms with Gasteiger partial charge in [0.2, 0.25) is 0 Å². The highest BCUT2D eigenvalue weighted by Gasteiger charge is 2.27. The molecule has 1 amide bonds. The first-order valence-corrected chi connectivity index (χ1v) is 11.4. The van der Waals surface area contributed by atoms with Crippen molar-refractivity contribution < 1.29 is 4.79 Å². The van der Waals surface area contributed by atoms with Crippen LogP contribution in [0.5, 0.6) is 0 Å². The van der Waals surface area contributed by atoms with Crippen molar-refractivity contribution in [3.8, 4) is 11.1 Å². The molecule has 0 bridgehead atoms. The molecule has 1 N–H and O–H groups in total. The summed E-state index contributed by atoms with van der Waals surface area (Å²) in [5.74, 6) is -0.108. The van der Waals surface area contributed by atoms with E-state index in [0.29, 0.717) is 12.2 Å². The van der Waals surface area contributed by atoms with Crippen molar-refractivity contribution in [1.82, 2.24) is 20.0 Å². The topological polar surface area (TPSA) is 50.2 Å². The molecule has 33 heavy (non-hydrogen) atoms. The van der Waals surface area contributed by atoms with Crippen molar-refractivity contribution >= 4 is 5.91 Å². The molecule has 1 aliphatic rings. The Balaban J connectivity index is 1.30.